The van der Waals surface area contributed by atoms with Crippen LogP contribution in [0.15, 0.2) is 0 Å². The van der Waals surface area contributed by atoms with Crippen LogP contribution >= 0.6 is 0 Å². The SMILES string of the molecule is O=C(O)C(CCC1CCCC1)N1CCCCC1. The van der Waals surface area contributed by atoms with E-state index < -0.39 is 5.97 Å². The van der Waals surface area contributed by atoms with Crippen LogP contribution < -0.4 is 0 Å². The third-order valence-electron chi connectivity index (χ3n) is 4.44. The topological polar surface area (TPSA) is 40.5 Å². The molecule has 17 heavy (non-hydrogen) atoms. The van der Waals surface area contributed by atoms with Crippen molar-refractivity contribution < 1.29 is 9.90 Å². The Bertz CT molecular complexity index is 243. The molecule has 1 aliphatic carbocycles. The zero-order chi connectivity index (χ0) is 12.1. The smallest absolute Gasteiger partial charge is 0.320 e. The fourth-order valence-corrected chi connectivity index (χ4v) is 3.38. The van der Waals surface area contributed by atoms with Crippen LogP contribution in [-0.2, 0) is 4.79 Å². The minimum absolute atomic E-state index is 0.212. The zero-order valence-corrected chi connectivity index (χ0v) is 10.7. The molecule has 2 aliphatic rings. The van der Waals surface area contributed by atoms with Gasteiger partial charge in [0.05, 0.1) is 0 Å². The van der Waals surface area contributed by atoms with Crippen molar-refractivity contribution in [2.24, 2.45) is 5.92 Å². The number of hydrogen-bond donors (Lipinski definition) is 1. The summed E-state index contributed by atoms with van der Waals surface area (Å²) in [6, 6.07) is -0.212. The number of carboxylic acid groups (broad SMARTS) is 1. The quantitative estimate of drug-likeness (QED) is 0.802. The van der Waals surface area contributed by atoms with E-state index in [9.17, 15) is 9.90 Å². The first kappa shape index (κ1) is 12.9. The molecule has 2 fully saturated rings. The Hall–Kier alpha value is -0.570. The maximum absolute atomic E-state index is 11.4. The van der Waals surface area contributed by atoms with Crippen molar-refractivity contribution in [3.05, 3.63) is 0 Å². The highest BCUT2D eigenvalue weighted by molar-refractivity contribution is 5.73. The number of carboxylic acids is 1. The molecule has 1 unspecified atom stereocenters. The molecule has 1 saturated heterocycles. The van der Waals surface area contributed by atoms with Crippen LogP contribution in [-0.4, -0.2) is 35.1 Å². The molecular formula is C14H25NO2. The zero-order valence-electron chi connectivity index (χ0n) is 10.7. The highest BCUT2D eigenvalue weighted by atomic mass is 16.4. The van der Waals surface area contributed by atoms with Crippen LogP contribution in [0.1, 0.15) is 57.8 Å². The van der Waals surface area contributed by atoms with E-state index in [1.165, 1.54) is 44.9 Å². The van der Waals surface area contributed by atoms with Gasteiger partial charge in [-0.3, -0.25) is 9.69 Å². The van der Waals surface area contributed by atoms with Gasteiger partial charge in [0, 0.05) is 0 Å². The van der Waals surface area contributed by atoms with Crippen LogP contribution in [0.3, 0.4) is 0 Å². The molecule has 0 amide bonds. The summed E-state index contributed by atoms with van der Waals surface area (Å²) in [5.74, 6) is 0.200. The van der Waals surface area contributed by atoms with E-state index in [1.807, 2.05) is 0 Å². The largest absolute Gasteiger partial charge is 0.480 e. The Morgan fingerprint density at radius 3 is 2.35 bits per heavy atom. The van der Waals surface area contributed by atoms with Crippen molar-refractivity contribution >= 4 is 5.97 Å². The van der Waals surface area contributed by atoms with E-state index in [0.29, 0.717) is 0 Å². The van der Waals surface area contributed by atoms with E-state index in [-0.39, 0.29) is 6.04 Å². The van der Waals surface area contributed by atoms with Crippen LogP contribution in [0, 0.1) is 5.92 Å². The van der Waals surface area contributed by atoms with Crippen molar-refractivity contribution in [3.63, 3.8) is 0 Å². The lowest BCUT2D eigenvalue weighted by Gasteiger charge is -2.32. The Morgan fingerprint density at radius 2 is 1.76 bits per heavy atom. The molecule has 2 rings (SSSR count). The summed E-state index contributed by atoms with van der Waals surface area (Å²) in [7, 11) is 0. The van der Waals surface area contributed by atoms with Gasteiger partial charge in [-0.05, 0) is 44.7 Å². The molecule has 0 aromatic rings. The molecule has 1 aliphatic heterocycles. The second-order valence-corrected chi connectivity index (χ2v) is 5.68. The van der Waals surface area contributed by atoms with Crippen molar-refractivity contribution in [1.29, 1.82) is 0 Å². The molecule has 3 heteroatoms. The molecule has 0 radical (unpaired) electrons. The molecule has 1 atom stereocenters. The average molecular weight is 239 g/mol. The maximum Gasteiger partial charge on any atom is 0.320 e. The van der Waals surface area contributed by atoms with Crippen LogP contribution in [0.2, 0.25) is 0 Å². The van der Waals surface area contributed by atoms with Crippen molar-refractivity contribution in [2.45, 2.75) is 63.8 Å². The lowest BCUT2D eigenvalue weighted by Crippen LogP contribution is -2.44. The number of rotatable bonds is 5. The Balaban J connectivity index is 1.80. The summed E-state index contributed by atoms with van der Waals surface area (Å²) in [6.45, 7) is 1.98. The summed E-state index contributed by atoms with van der Waals surface area (Å²) in [6.07, 6.45) is 11.0. The minimum Gasteiger partial charge on any atom is -0.480 e. The molecule has 3 nitrogen and oxygen atoms in total. The van der Waals surface area contributed by atoms with Crippen LogP contribution in [0.25, 0.3) is 0 Å². The number of aliphatic carboxylic acids is 1. The number of hydrogen-bond acceptors (Lipinski definition) is 2. The normalized spacial score (nSPS) is 24.9. The first-order valence-corrected chi connectivity index (χ1v) is 7.24. The number of likely N-dealkylation sites (tertiary alicyclic amines) is 1. The molecule has 0 aromatic heterocycles. The second-order valence-electron chi connectivity index (χ2n) is 5.68. The highest BCUT2D eigenvalue weighted by Gasteiger charge is 2.27. The van der Waals surface area contributed by atoms with Gasteiger partial charge in [-0.1, -0.05) is 32.1 Å². The van der Waals surface area contributed by atoms with Gasteiger partial charge in [0.15, 0.2) is 0 Å². The lowest BCUT2D eigenvalue weighted by atomic mass is 9.96. The monoisotopic (exact) mass is 239 g/mol. The summed E-state index contributed by atoms with van der Waals surface area (Å²) in [5.41, 5.74) is 0. The summed E-state index contributed by atoms with van der Waals surface area (Å²) in [5, 5.41) is 9.36. The van der Waals surface area contributed by atoms with E-state index in [2.05, 4.69) is 4.90 Å². The molecule has 0 spiro atoms. The lowest BCUT2D eigenvalue weighted by molar-refractivity contribution is -0.144. The number of piperidine rings is 1. The minimum atomic E-state index is -0.607. The van der Waals surface area contributed by atoms with Gasteiger partial charge in [0.1, 0.15) is 6.04 Å². The molecule has 0 bridgehead atoms. The molecular weight excluding hydrogens is 214 g/mol. The fourth-order valence-electron chi connectivity index (χ4n) is 3.38. The molecule has 1 heterocycles. The summed E-state index contributed by atoms with van der Waals surface area (Å²) in [4.78, 5) is 13.6. The average Bonchev–Trinajstić information content (AvgIpc) is 2.83. The second kappa shape index (κ2) is 6.39. The third-order valence-corrected chi connectivity index (χ3v) is 4.44. The van der Waals surface area contributed by atoms with Crippen LogP contribution in [0.5, 0.6) is 0 Å². The Morgan fingerprint density at radius 1 is 1.12 bits per heavy atom. The van der Waals surface area contributed by atoms with Crippen molar-refractivity contribution in [1.82, 2.24) is 4.90 Å². The van der Waals surface area contributed by atoms with Gasteiger partial charge in [0.25, 0.3) is 0 Å². The summed E-state index contributed by atoms with van der Waals surface area (Å²) >= 11 is 0. The molecule has 1 saturated carbocycles. The van der Waals surface area contributed by atoms with Gasteiger partial charge in [-0.25, -0.2) is 0 Å². The highest BCUT2D eigenvalue weighted by Crippen LogP contribution is 2.30. The van der Waals surface area contributed by atoms with Crippen molar-refractivity contribution in [3.8, 4) is 0 Å². The molecule has 0 aromatic carbocycles. The predicted octanol–water partition coefficient (Wildman–Crippen LogP) is 2.90. The Labute approximate surface area is 104 Å². The first-order chi connectivity index (χ1) is 8.27. The third kappa shape index (κ3) is 3.70. The van der Waals surface area contributed by atoms with E-state index in [4.69, 9.17) is 0 Å². The van der Waals surface area contributed by atoms with Crippen molar-refractivity contribution in [2.75, 3.05) is 13.1 Å². The van der Waals surface area contributed by atoms with Crippen LogP contribution in [0.4, 0.5) is 0 Å². The van der Waals surface area contributed by atoms with E-state index >= 15 is 0 Å². The first-order valence-electron chi connectivity index (χ1n) is 7.24. The maximum atomic E-state index is 11.4. The van der Waals surface area contributed by atoms with Gasteiger partial charge in [0.2, 0.25) is 0 Å². The van der Waals surface area contributed by atoms with E-state index in [1.54, 1.807) is 0 Å². The number of nitrogens with zero attached hydrogens (tertiary/aromatic N) is 1. The Kier molecular flexibility index (Phi) is 4.84. The van der Waals surface area contributed by atoms with E-state index in [0.717, 1.165) is 31.8 Å². The standard InChI is InChI=1S/C14H25NO2/c16-14(17)13(15-10-4-1-5-11-15)9-8-12-6-2-3-7-12/h12-13H,1-11H2,(H,16,17). The van der Waals surface area contributed by atoms with Gasteiger partial charge >= 0.3 is 5.97 Å². The number of carbonyl (C=O) groups is 1. The molecule has 98 valence electrons. The fraction of sp³-hybridized carbons (Fsp3) is 0.929. The van der Waals surface area contributed by atoms with Gasteiger partial charge < -0.3 is 5.11 Å². The summed E-state index contributed by atoms with van der Waals surface area (Å²) < 4.78 is 0. The predicted molar refractivity (Wildman–Crippen MR) is 68.0 cm³/mol. The van der Waals surface area contributed by atoms with Gasteiger partial charge in [-0.2, -0.15) is 0 Å². The molecule has 1 N–H and O–H groups in total. The van der Waals surface area contributed by atoms with Gasteiger partial charge in [-0.15, -0.1) is 0 Å².